The van der Waals surface area contributed by atoms with Crippen LogP contribution in [0.4, 0.5) is 5.82 Å². The smallest absolute Gasteiger partial charge is 0.242 e. The number of ether oxygens (including phenoxy) is 1. The quantitative estimate of drug-likeness (QED) is 0.590. The van der Waals surface area contributed by atoms with Crippen LogP contribution in [-0.2, 0) is 19.6 Å². The normalized spacial score (nSPS) is 12.9. The number of nitrogens with one attached hydrogen (secondary N) is 2. The summed E-state index contributed by atoms with van der Waals surface area (Å²) in [5.74, 6) is -0.439. The van der Waals surface area contributed by atoms with Gasteiger partial charge in [0.05, 0.1) is 17.7 Å². The van der Waals surface area contributed by atoms with Crippen molar-refractivity contribution in [1.82, 2.24) is 15.0 Å². The first-order chi connectivity index (χ1) is 9.77. The largest absolute Gasteiger partial charge is 0.383 e. The van der Waals surface area contributed by atoms with E-state index >= 15 is 0 Å². The molecule has 1 aromatic rings. The Hall–Kier alpha value is -1.42. The number of nitrogens with zero attached hydrogens (tertiary/aromatic N) is 1. The molecule has 21 heavy (non-hydrogen) atoms. The average Bonchev–Trinajstić information content (AvgIpc) is 2.41. The minimum atomic E-state index is -3.92. The van der Waals surface area contributed by atoms with Crippen LogP contribution in [0.2, 0.25) is 5.02 Å². The molecule has 118 valence electrons. The maximum absolute atomic E-state index is 12.1. The third-order valence-electron chi connectivity index (χ3n) is 2.49. The van der Waals surface area contributed by atoms with Gasteiger partial charge in [-0.15, -0.1) is 0 Å². The fourth-order valence-corrected chi connectivity index (χ4v) is 2.77. The molecule has 0 aliphatic carbocycles. The third kappa shape index (κ3) is 5.12. The Labute approximate surface area is 128 Å². The van der Waals surface area contributed by atoms with Crippen molar-refractivity contribution < 1.29 is 17.9 Å². The van der Waals surface area contributed by atoms with Crippen molar-refractivity contribution in [3.63, 3.8) is 0 Å². The van der Waals surface area contributed by atoms with E-state index in [9.17, 15) is 13.2 Å². The minimum absolute atomic E-state index is 0.0232. The van der Waals surface area contributed by atoms with E-state index in [4.69, 9.17) is 22.1 Å². The zero-order valence-electron chi connectivity index (χ0n) is 11.6. The number of rotatable bonds is 7. The molecule has 1 unspecified atom stereocenters. The number of carbonyl (C=O) groups is 1. The van der Waals surface area contributed by atoms with Crippen LogP contribution in [0.25, 0.3) is 0 Å². The molecular weight excluding hydrogens is 320 g/mol. The molecule has 0 spiro atoms. The van der Waals surface area contributed by atoms with Gasteiger partial charge in [0.25, 0.3) is 0 Å². The molecule has 4 N–H and O–H groups in total. The van der Waals surface area contributed by atoms with Crippen molar-refractivity contribution in [3.8, 4) is 0 Å². The Bertz CT molecular complexity index is 608. The summed E-state index contributed by atoms with van der Waals surface area (Å²) in [6.07, 6.45) is 1.07. The van der Waals surface area contributed by atoms with Crippen molar-refractivity contribution >= 4 is 33.3 Å². The van der Waals surface area contributed by atoms with Gasteiger partial charge >= 0.3 is 0 Å². The van der Waals surface area contributed by atoms with Crippen LogP contribution >= 0.6 is 11.6 Å². The first-order valence-corrected chi connectivity index (χ1v) is 7.84. The van der Waals surface area contributed by atoms with E-state index < -0.39 is 22.0 Å². The van der Waals surface area contributed by atoms with Gasteiger partial charge < -0.3 is 15.8 Å². The molecule has 0 saturated heterocycles. The van der Waals surface area contributed by atoms with Crippen LogP contribution < -0.4 is 15.8 Å². The molecule has 1 heterocycles. The topological polar surface area (TPSA) is 123 Å². The second-order valence-corrected chi connectivity index (χ2v) is 6.29. The number of pyridine rings is 1. The van der Waals surface area contributed by atoms with E-state index in [0.29, 0.717) is 6.61 Å². The van der Waals surface area contributed by atoms with Crippen LogP contribution in [0.5, 0.6) is 0 Å². The molecule has 10 heteroatoms. The number of anilines is 1. The molecular formula is C11H17ClN4O4S. The van der Waals surface area contributed by atoms with E-state index in [-0.39, 0.29) is 22.3 Å². The van der Waals surface area contributed by atoms with Crippen LogP contribution in [0, 0.1) is 0 Å². The molecule has 0 radical (unpaired) electrons. The number of hydrogen-bond donors (Lipinski definition) is 3. The van der Waals surface area contributed by atoms with Crippen molar-refractivity contribution in [3.05, 3.63) is 17.3 Å². The minimum Gasteiger partial charge on any atom is -0.383 e. The Morgan fingerprint density at radius 2 is 2.24 bits per heavy atom. The number of amides is 1. The summed E-state index contributed by atoms with van der Waals surface area (Å²) in [4.78, 5) is 15.2. The number of sulfonamides is 1. The second kappa shape index (κ2) is 7.55. The molecule has 0 aliphatic heterocycles. The molecule has 0 saturated carbocycles. The van der Waals surface area contributed by atoms with Crippen LogP contribution in [-0.4, -0.2) is 45.6 Å². The highest BCUT2D eigenvalue weighted by Crippen LogP contribution is 2.19. The summed E-state index contributed by atoms with van der Waals surface area (Å²) in [6.45, 7) is 2.05. The van der Waals surface area contributed by atoms with Gasteiger partial charge in [-0.05, 0) is 13.0 Å². The van der Waals surface area contributed by atoms with Gasteiger partial charge in [0, 0.05) is 19.9 Å². The molecule has 1 rings (SSSR count). The molecule has 0 bridgehead atoms. The highest BCUT2D eigenvalue weighted by atomic mass is 35.5. The lowest BCUT2D eigenvalue weighted by molar-refractivity contribution is -0.122. The predicted molar refractivity (Wildman–Crippen MR) is 78.3 cm³/mol. The number of nitrogen functional groups attached to an aromatic ring is 1. The number of methoxy groups -OCH3 is 1. The third-order valence-corrected chi connectivity index (χ3v) is 4.30. The Kier molecular flexibility index (Phi) is 6.34. The number of nitrogens with two attached hydrogens (primary N) is 1. The van der Waals surface area contributed by atoms with Crippen molar-refractivity contribution in [1.29, 1.82) is 0 Å². The average molecular weight is 337 g/mol. The van der Waals surface area contributed by atoms with Crippen molar-refractivity contribution in [2.75, 3.05) is 26.0 Å². The van der Waals surface area contributed by atoms with E-state index in [1.54, 1.807) is 0 Å². The number of halogens is 1. The second-order valence-electron chi connectivity index (χ2n) is 4.16. The monoisotopic (exact) mass is 336 g/mol. The van der Waals surface area contributed by atoms with Gasteiger partial charge in [-0.2, -0.15) is 4.72 Å². The Morgan fingerprint density at radius 3 is 2.81 bits per heavy atom. The van der Waals surface area contributed by atoms with Gasteiger partial charge in [-0.3, -0.25) is 4.79 Å². The SMILES string of the molecule is COCCNC(=O)C(C)NS(=O)(=O)c1cnc(N)c(Cl)c1. The van der Waals surface area contributed by atoms with Gasteiger partial charge in [-0.1, -0.05) is 11.6 Å². The van der Waals surface area contributed by atoms with Gasteiger partial charge in [0.15, 0.2) is 0 Å². The number of hydrogen-bond acceptors (Lipinski definition) is 6. The lowest BCUT2D eigenvalue weighted by Gasteiger charge is -2.14. The summed E-state index contributed by atoms with van der Waals surface area (Å²) in [5, 5.41) is 2.55. The van der Waals surface area contributed by atoms with E-state index in [1.165, 1.54) is 20.1 Å². The number of carbonyl (C=O) groups excluding carboxylic acids is 1. The summed E-state index contributed by atoms with van der Waals surface area (Å²) in [5.41, 5.74) is 5.42. The molecule has 1 atom stereocenters. The maximum Gasteiger partial charge on any atom is 0.242 e. The standard InChI is InChI=1S/C11H17ClN4O4S/c1-7(11(17)14-3-4-20-2)16-21(18,19)8-5-9(12)10(13)15-6-8/h5-7,16H,3-4H2,1-2H3,(H2,13,15)(H,14,17). The van der Waals surface area contributed by atoms with E-state index in [1.807, 2.05) is 0 Å². The molecule has 8 nitrogen and oxygen atoms in total. The van der Waals surface area contributed by atoms with Crippen LogP contribution in [0.15, 0.2) is 17.2 Å². The van der Waals surface area contributed by atoms with Crippen molar-refractivity contribution in [2.45, 2.75) is 17.9 Å². The zero-order chi connectivity index (χ0) is 16.0. The predicted octanol–water partition coefficient (Wildman–Crippen LogP) is -0.253. The zero-order valence-corrected chi connectivity index (χ0v) is 13.2. The first-order valence-electron chi connectivity index (χ1n) is 5.98. The Balaban J connectivity index is 2.75. The summed E-state index contributed by atoms with van der Waals surface area (Å²) in [7, 11) is -2.42. The van der Waals surface area contributed by atoms with Gasteiger partial charge in [-0.25, -0.2) is 13.4 Å². The molecule has 1 amide bonds. The summed E-state index contributed by atoms with van der Waals surface area (Å²) >= 11 is 5.73. The highest BCUT2D eigenvalue weighted by Gasteiger charge is 2.22. The summed E-state index contributed by atoms with van der Waals surface area (Å²) < 4.78 is 31.2. The lowest BCUT2D eigenvalue weighted by Crippen LogP contribution is -2.45. The first kappa shape index (κ1) is 17.6. The van der Waals surface area contributed by atoms with Crippen molar-refractivity contribution in [2.24, 2.45) is 0 Å². The fraction of sp³-hybridized carbons (Fsp3) is 0.455. The molecule has 0 aromatic carbocycles. The molecule has 1 aromatic heterocycles. The molecule has 0 fully saturated rings. The van der Waals surface area contributed by atoms with Crippen LogP contribution in [0.3, 0.4) is 0 Å². The van der Waals surface area contributed by atoms with Gasteiger partial charge in [0.2, 0.25) is 15.9 Å². The van der Waals surface area contributed by atoms with Gasteiger partial charge in [0.1, 0.15) is 10.7 Å². The van der Waals surface area contributed by atoms with E-state index in [0.717, 1.165) is 6.20 Å². The Morgan fingerprint density at radius 1 is 1.57 bits per heavy atom. The fourth-order valence-electron chi connectivity index (χ4n) is 1.36. The van der Waals surface area contributed by atoms with Crippen LogP contribution in [0.1, 0.15) is 6.92 Å². The van der Waals surface area contributed by atoms with E-state index in [2.05, 4.69) is 15.0 Å². The highest BCUT2D eigenvalue weighted by molar-refractivity contribution is 7.89. The number of aromatic nitrogens is 1. The maximum atomic E-state index is 12.1. The molecule has 0 aliphatic rings. The lowest BCUT2D eigenvalue weighted by atomic mass is 10.3. The summed E-state index contributed by atoms with van der Waals surface area (Å²) in [6, 6.07) is 0.213.